The molecule has 21 heavy (non-hydrogen) atoms. The zero-order valence-corrected chi connectivity index (χ0v) is 11.8. The number of nitrogens with two attached hydrogens (primary N) is 1. The number of benzene rings is 1. The summed E-state index contributed by atoms with van der Waals surface area (Å²) in [6, 6.07) is 10.1. The number of hydrogen-bond acceptors (Lipinski definition) is 6. The molecular weight excluding hydrogens is 270 g/mol. The number of nitrogens with zero attached hydrogens (tertiary/aromatic N) is 2. The Hall–Kier alpha value is -2.83. The summed E-state index contributed by atoms with van der Waals surface area (Å²) in [4.78, 5) is 14.9. The Kier molecular flexibility index (Phi) is 4.22. The summed E-state index contributed by atoms with van der Waals surface area (Å²) in [5.41, 5.74) is 6.84. The molecule has 1 heterocycles. The molecule has 7 nitrogen and oxygen atoms in total. The topological polar surface area (TPSA) is 106 Å². The molecule has 110 valence electrons. The van der Waals surface area contributed by atoms with Crippen molar-refractivity contribution in [3.8, 4) is 0 Å². The number of rotatable bonds is 5. The van der Waals surface area contributed by atoms with Gasteiger partial charge >= 0.3 is 5.69 Å². The van der Waals surface area contributed by atoms with Gasteiger partial charge in [-0.25, -0.2) is 4.98 Å². The van der Waals surface area contributed by atoms with Crippen molar-refractivity contribution < 1.29 is 4.92 Å². The number of aromatic nitrogens is 1. The van der Waals surface area contributed by atoms with E-state index in [9.17, 15) is 10.1 Å². The van der Waals surface area contributed by atoms with Gasteiger partial charge in [-0.3, -0.25) is 10.1 Å². The number of nitrogens with one attached hydrogen (secondary N) is 2. The van der Waals surface area contributed by atoms with Crippen molar-refractivity contribution in [3.05, 3.63) is 46.5 Å². The van der Waals surface area contributed by atoms with Crippen LogP contribution in [0.5, 0.6) is 0 Å². The number of anilines is 4. The number of pyridine rings is 1. The Morgan fingerprint density at radius 3 is 2.43 bits per heavy atom. The van der Waals surface area contributed by atoms with E-state index < -0.39 is 4.92 Å². The summed E-state index contributed by atoms with van der Waals surface area (Å²) in [7, 11) is 0. The standard InChI is InChI=1S/C14H17N5O2/c1-9(2)16-13-8-7-12(19(20)21)14(18-13)17-11-5-3-10(15)4-6-11/h3-9H,15H2,1-2H3,(H2,16,17,18). The maximum atomic E-state index is 11.1. The lowest BCUT2D eigenvalue weighted by molar-refractivity contribution is -0.384. The molecule has 0 fully saturated rings. The van der Waals surface area contributed by atoms with Crippen LogP contribution in [0, 0.1) is 10.1 Å². The fraction of sp³-hybridized carbons (Fsp3) is 0.214. The molecular formula is C14H17N5O2. The Bertz CT molecular complexity index is 640. The van der Waals surface area contributed by atoms with Gasteiger partial charge in [0.2, 0.25) is 5.82 Å². The first kappa shape index (κ1) is 14.6. The highest BCUT2D eigenvalue weighted by atomic mass is 16.6. The fourth-order valence-corrected chi connectivity index (χ4v) is 1.77. The molecule has 0 aliphatic rings. The fourth-order valence-electron chi connectivity index (χ4n) is 1.77. The van der Waals surface area contributed by atoms with E-state index in [1.54, 1.807) is 30.3 Å². The first-order chi connectivity index (χ1) is 9.95. The Labute approximate surface area is 122 Å². The van der Waals surface area contributed by atoms with E-state index in [2.05, 4.69) is 15.6 Å². The minimum atomic E-state index is -0.466. The minimum absolute atomic E-state index is 0.0823. The Morgan fingerprint density at radius 2 is 1.86 bits per heavy atom. The highest BCUT2D eigenvalue weighted by Gasteiger charge is 2.16. The summed E-state index contributed by atoms with van der Waals surface area (Å²) >= 11 is 0. The summed E-state index contributed by atoms with van der Waals surface area (Å²) in [6.45, 7) is 3.94. The molecule has 0 aliphatic carbocycles. The van der Waals surface area contributed by atoms with E-state index >= 15 is 0 Å². The van der Waals surface area contributed by atoms with Gasteiger partial charge in [0.25, 0.3) is 0 Å². The molecule has 7 heteroatoms. The van der Waals surface area contributed by atoms with Crippen molar-refractivity contribution in [3.63, 3.8) is 0 Å². The van der Waals surface area contributed by atoms with E-state index in [-0.39, 0.29) is 17.5 Å². The van der Waals surface area contributed by atoms with Crippen LogP contribution in [0.25, 0.3) is 0 Å². The predicted molar refractivity (Wildman–Crippen MR) is 83.8 cm³/mol. The van der Waals surface area contributed by atoms with Gasteiger partial charge in [-0.05, 0) is 44.2 Å². The van der Waals surface area contributed by atoms with Gasteiger partial charge in [-0.15, -0.1) is 0 Å². The van der Waals surface area contributed by atoms with Crippen LogP contribution in [0.15, 0.2) is 36.4 Å². The average Bonchev–Trinajstić information content (AvgIpc) is 2.40. The summed E-state index contributed by atoms with van der Waals surface area (Å²) in [6.07, 6.45) is 0. The Balaban J connectivity index is 2.33. The third-order valence-corrected chi connectivity index (χ3v) is 2.68. The second-order valence-corrected chi connectivity index (χ2v) is 4.87. The van der Waals surface area contributed by atoms with Crippen molar-refractivity contribution in [2.45, 2.75) is 19.9 Å². The molecule has 0 bridgehead atoms. The third kappa shape index (κ3) is 3.82. The SMILES string of the molecule is CC(C)Nc1ccc([N+](=O)[O-])c(Nc2ccc(N)cc2)n1. The highest BCUT2D eigenvalue weighted by Crippen LogP contribution is 2.27. The summed E-state index contributed by atoms with van der Waals surface area (Å²) in [5.74, 6) is 0.768. The quantitative estimate of drug-likeness (QED) is 0.443. The molecule has 0 spiro atoms. The second-order valence-electron chi connectivity index (χ2n) is 4.87. The monoisotopic (exact) mass is 287 g/mol. The highest BCUT2D eigenvalue weighted by molar-refractivity contribution is 5.68. The maximum absolute atomic E-state index is 11.1. The van der Waals surface area contributed by atoms with Crippen molar-refractivity contribution in [1.82, 2.24) is 4.98 Å². The molecule has 2 rings (SSSR count). The van der Waals surface area contributed by atoms with Crippen molar-refractivity contribution in [2.75, 3.05) is 16.4 Å². The molecule has 0 atom stereocenters. The molecule has 1 aromatic heterocycles. The maximum Gasteiger partial charge on any atom is 0.311 e. The lowest BCUT2D eigenvalue weighted by Gasteiger charge is -2.11. The zero-order valence-electron chi connectivity index (χ0n) is 11.8. The zero-order chi connectivity index (χ0) is 15.4. The number of nitrogen functional groups attached to an aromatic ring is 1. The molecule has 0 unspecified atom stereocenters. The number of hydrogen-bond donors (Lipinski definition) is 3. The summed E-state index contributed by atoms with van der Waals surface area (Å²) < 4.78 is 0. The molecule has 0 aliphatic heterocycles. The average molecular weight is 287 g/mol. The van der Waals surface area contributed by atoms with E-state index in [4.69, 9.17) is 5.73 Å². The van der Waals surface area contributed by atoms with Crippen molar-refractivity contribution >= 4 is 28.7 Å². The number of nitro groups is 1. The van der Waals surface area contributed by atoms with Crippen LogP contribution < -0.4 is 16.4 Å². The molecule has 1 aromatic carbocycles. The van der Waals surface area contributed by atoms with Gasteiger partial charge in [-0.1, -0.05) is 0 Å². The molecule has 0 radical (unpaired) electrons. The van der Waals surface area contributed by atoms with Gasteiger partial charge < -0.3 is 16.4 Å². The van der Waals surface area contributed by atoms with Gasteiger partial charge in [0.1, 0.15) is 5.82 Å². The van der Waals surface area contributed by atoms with Crippen LogP contribution in [0.1, 0.15) is 13.8 Å². The summed E-state index contributed by atoms with van der Waals surface area (Å²) in [5, 5.41) is 17.1. The van der Waals surface area contributed by atoms with Crippen LogP contribution >= 0.6 is 0 Å². The van der Waals surface area contributed by atoms with Crippen molar-refractivity contribution in [2.24, 2.45) is 0 Å². The first-order valence-corrected chi connectivity index (χ1v) is 6.50. The van der Waals surface area contributed by atoms with Crippen LogP contribution in [0.4, 0.5) is 28.7 Å². The molecule has 4 N–H and O–H groups in total. The largest absolute Gasteiger partial charge is 0.399 e. The van der Waals surface area contributed by atoms with E-state index in [0.717, 1.165) is 0 Å². The third-order valence-electron chi connectivity index (χ3n) is 2.68. The van der Waals surface area contributed by atoms with E-state index in [0.29, 0.717) is 17.2 Å². The smallest absolute Gasteiger partial charge is 0.311 e. The van der Waals surface area contributed by atoms with Crippen LogP contribution in [-0.2, 0) is 0 Å². The van der Waals surface area contributed by atoms with E-state index in [1.807, 2.05) is 13.8 Å². The van der Waals surface area contributed by atoms with Crippen LogP contribution in [0.3, 0.4) is 0 Å². The van der Waals surface area contributed by atoms with Crippen LogP contribution in [-0.4, -0.2) is 15.9 Å². The lowest BCUT2D eigenvalue weighted by atomic mass is 10.2. The lowest BCUT2D eigenvalue weighted by Crippen LogP contribution is -2.12. The minimum Gasteiger partial charge on any atom is -0.399 e. The van der Waals surface area contributed by atoms with Gasteiger partial charge in [0.05, 0.1) is 4.92 Å². The predicted octanol–water partition coefficient (Wildman–Crippen LogP) is 3.14. The Morgan fingerprint density at radius 1 is 1.19 bits per heavy atom. The normalized spacial score (nSPS) is 10.4. The van der Waals surface area contributed by atoms with E-state index in [1.165, 1.54) is 6.07 Å². The van der Waals surface area contributed by atoms with Crippen LogP contribution in [0.2, 0.25) is 0 Å². The molecule has 0 saturated carbocycles. The van der Waals surface area contributed by atoms with Gasteiger partial charge in [0, 0.05) is 23.5 Å². The van der Waals surface area contributed by atoms with Gasteiger partial charge in [0.15, 0.2) is 0 Å². The van der Waals surface area contributed by atoms with Gasteiger partial charge in [-0.2, -0.15) is 0 Å². The molecule has 0 amide bonds. The van der Waals surface area contributed by atoms with Crippen molar-refractivity contribution in [1.29, 1.82) is 0 Å². The second kappa shape index (κ2) is 6.08. The first-order valence-electron chi connectivity index (χ1n) is 6.50. The molecule has 2 aromatic rings. The molecule has 0 saturated heterocycles.